The van der Waals surface area contributed by atoms with Crippen molar-refractivity contribution in [3.63, 3.8) is 0 Å². The average Bonchev–Trinajstić information content (AvgIpc) is 3.24. The van der Waals surface area contributed by atoms with Gasteiger partial charge < -0.3 is 26.2 Å². The van der Waals surface area contributed by atoms with E-state index < -0.39 is 5.91 Å². The zero-order chi connectivity index (χ0) is 24.8. The molecular weight excluding hydrogens is 446 g/mol. The van der Waals surface area contributed by atoms with Crippen molar-refractivity contribution in [2.75, 3.05) is 23.7 Å². The second kappa shape index (κ2) is 11.1. The van der Waals surface area contributed by atoms with E-state index in [1.165, 1.54) is 0 Å². The Labute approximate surface area is 204 Å². The first-order valence-corrected chi connectivity index (χ1v) is 11.9. The number of carbonyl (C=O) groups is 2. The monoisotopic (exact) mass is 477 g/mol. The van der Waals surface area contributed by atoms with E-state index in [1.807, 2.05) is 25.3 Å². The average molecular weight is 478 g/mol. The van der Waals surface area contributed by atoms with Gasteiger partial charge in [-0.05, 0) is 63.0 Å². The molecule has 0 radical (unpaired) electrons. The molecule has 0 saturated carbocycles. The number of piperidine rings is 1. The number of carbonyl (C=O) groups excluding carboxylic acids is 2. The molecule has 1 aromatic carbocycles. The molecule has 0 bridgehead atoms. The van der Waals surface area contributed by atoms with Crippen molar-refractivity contribution in [1.82, 2.24) is 20.4 Å². The van der Waals surface area contributed by atoms with E-state index in [-0.39, 0.29) is 18.7 Å². The molecule has 2 aromatic heterocycles. The molecule has 10 nitrogen and oxygen atoms in total. The van der Waals surface area contributed by atoms with Gasteiger partial charge >= 0.3 is 0 Å². The van der Waals surface area contributed by atoms with Crippen LogP contribution in [0.2, 0.25) is 0 Å². The van der Waals surface area contributed by atoms with E-state index in [2.05, 4.69) is 33.0 Å². The molecule has 1 saturated heterocycles. The van der Waals surface area contributed by atoms with Gasteiger partial charge in [-0.15, -0.1) is 0 Å². The van der Waals surface area contributed by atoms with E-state index >= 15 is 0 Å². The Kier molecular flexibility index (Phi) is 7.71. The standard InChI is InChI=1S/C25H31N7O3/c1-3-16-14-28-25(30-19-6-4-5-18(13-19)29-21(34)8-7-20(26)33)31-23(16)22-15(2)35-32-24(22)17-9-11-27-12-10-17/h4-6,13-14,17,27H,3,7-12H2,1-2H3,(H2,26,33)(H,29,34)(H,28,30,31). The van der Waals surface area contributed by atoms with Crippen LogP contribution in [0, 0.1) is 6.92 Å². The van der Waals surface area contributed by atoms with Crippen LogP contribution < -0.4 is 21.7 Å². The molecule has 3 heterocycles. The summed E-state index contributed by atoms with van der Waals surface area (Å²) >= 11 is 0. The van der Waals surface area contributed by atoms with Crippen molar-refractivity contribution < 1.29 is 14.1 Å². The van der Waals surface area contributed by atoms with E-state index in [4.69, 9.17) is 15.2 Å². The number of aromatic nitrogens is 3. The van der Waals surface area contributed by atoms with Gasteiger partial charge in [0.05, 0.1) is 17.0 Å². The molecule has 0 unspecified atom stereocenters. The zero-order valence-corrected chi connectivity index (χ0v) is 20.1. The largest absolute Gasteiger partial charge is 0.370 e. The van der Waals surface area contributed by atoms with Gasteiger partial charge in [0, 0.05) is 36.3 Å². The Bertz CT molecular complexity index is 1200. The zero-order valence-electron chi connectivity index (χ0n) is 20.1. The third kappa shape index (κ3) is 6.02. The smallest absolute Gasteiger partial charge is 0.227 e. The fourth-order valence-corrected chi connectivity index (χ4v) is 4.26. The number of primary amides is 1. The van der Waals surface area contributed by atoms with Crippen LogP contribution in [-0.4, -0.2) is 40.0 Å². The molecule has 5 N–H and O–H groups in total. The highest BCUT2D eigenvalue weighted by Gasteiger charge is 2.27. The summed E-state index contributed by atoms with van der Waals surface area (Å²) in [7, 11) is 0. The summed E-state index contributed by atoms with van der Waals surface area (Å²) in [4.78, 5) is 32.3. The molecule has 2 amide bonds. The first kappa shape index (κ1) is 24.3. The molecule has 35 heavy (non-hydrogen) atoms. The molecule has 0 aliphatic carbocycles. The number of rotatable bonds is 9. The van der Waals surface area contributed by atoms with Gasteiger partial charge in [-0.2, -0.15) is 0 Å². The maximum Gasteiger partial charge on any atom is 0.227 e. The molecule has 3 aromatic rings. The van der Waals surface area contributed by atoms with Crippen LogP contribution in [0.3, 0.4) is 0 Å². The van der Waals surface area contributed by atoms with Crippen molar-refractivity contribution in [2.24, 2.45) is 5.73 Å². The Morgan fingerprint density at radius 1 is 1.20 bits per heavy atom. The molecule has 184 valence electrons. The van der Waals surface area contributed by atoms with Gasteiger partial charge in [0.15, 0.2) is 0 Å². The second-order valence-electron chi connectivity index (χ2n) is 8.66. The maximum absolute atomic E-state index is 12.0. The molecule has 1 aliphatic rings. The number of hydrogen-bond acceptors (Lipinski definition) is 8. The summed E-state index contributed by atoms with van der Waals surface area (Å²) in [5.74, 6) is 0.727. The molecule has 1 aliphatic heterocycles. The lowest BCUT2D eigenvalue weighted by atomic mass is 9.89. The molecule has 10 heteroatoms. The van der Waals surface area contributed by atoms with Crippen molar-refractivity contribution in [2.45, 2.75) is 51.9 Å². The van der Waals surface area contributed by atoms with Crippen LogP contribution in [-0.2, 0) is 16.0 Å². The highest BCUT2D eigenvalue weighted by Crippen LogP contribution is 2.37. The fourth-order valence-electron chi connectivity index (χ4n) is 4.26. The van der Waals surface area contributed by atoms with E-state index in [1.54, 1.807) is 12.1 Å². The van der Waals surface area contributed by atoms with E-state index in [0.717, 1.165) is 60.6 Å². The molecule has 0 spiro atoms. The predicted octanol–water partition coefficient (Wildman–Crippen LogP) is 3.42. The van der Waals surface area contributed by atoms with Gasteiger partial charge in [0.1, 0.15) is 5.76 Å². The highest BCUT2D eigenvalue weighted by molar-refractivity contribution is 5.93. The van der Waals surface area contributed by atoms with Crippen LogP contribution in [0.15, 0.2) is 35.0 Å². The van der Waals surface area contributed by atoms with E-state index in [9.17, 15) is 9.59 Å². The summed E-state index contributed by atoms with van der Waals surface area (Å²) in [6, 6.07) is 7.23. The first-order valence-electron chi connectivity index (χ1n) is 11.9. The number of aryl methyl sites for hydroxylation is 2. The number of amides is 2. The SMILES string of the molecule is CCc1cnc(Nc2cccc(NC(=O)CCC(N)=O)c2)nc1-c1c(C2CCNCC2)noc1C. The Balaban J connectivity index is 1.58. The predicted molar refractivity (Wildman–Crippen MR) is 133 cm³/mol. The van der Waals surface area contributed by atoms with Gasteiger partial charge in [0.25, 0.3) is 0 Å². The minimum Gasteiger partial charge on any atom is -0.370 e. The first-order chi connectivity index (χ1) is 16.9. The summed E-state index contributed by atoms with van der Waals surface area (Å²) < 4.78 is 5.63. The van der Waals surface area contributed by atoms with E-state index in [0.29, 0.717) is 23.2 Å². The topological polar surface area (TPSA) is 148 Å². The maximum atomic E-state index is 12.0. The Hall–Kier alpha value is -3.79. The summed E-state index contributed by atoms with van der Waals surface area (Å²) in [6.45, 7) is 5.92. The van der Waals surface area contributed by atoms with Crippen molar-refractivity contribution in [1.29, 1.82) is 0 Å². The number of nitrogens with two attached hydrogens (primary N) is 1. The van der Waals surface area contributed by atoms with Crippen molar-refractivity contribution >= 4 is 29.1 Å². The van der Waals surface area contributed by atoms with Gasteiger partial charge in [-0.25, -0.2) is 9.97 Å². The van der Waals surface area contributed by atoms with Crippen LogP contribution >= 0.6 is 0 Å². The molecule has 1 fully saturated rings. The fraction of sp³-hybridized carbons (Fsp3) is 0.400. The van der Waals surface area contributed by atoms with Gasteiger partial charge in [-0.1, -0.05) is 18.1 Å². The molecule has 0 atom stereocenters. The number of benzene rings is 1. The minimum atomic E-state index is -0.509. The lowest BCUT2D eigenvalue weighted by Gasteiger charge is -2.22. The number of hydrogen-bond donors (Lipinski definition) is 4. The van der Waals surface area contributed by atoms with Crippen molar-refractivity contribution in [3.8, 4) is 11.3 Å². The normalized spacial score (nSPS) is 14.0. The number of nitrogens with zero attached hydrogens (tertiary/aromatic N) is 3. The highest BCUT2D eigenvalue weighted by atomic mass is 16.5. The molecular formula is C25H31N7O3. The second-order valence-corrected chi connectivity index (χ2v) is 8.66. The quantitative estimate of drug-likeness (QED) is 0.366. The molecule has 4 rings (SSSR count). The summed E-state index contributed by atoms with van der Waals surface area (Å²) in [6.07, 6.45) is 4.67. The van der Waals surface area contributed by atoms with Crippen LogP contribution in [0.5, 0.6) is 0 Å². The Morgan fingerprint density at radius 2 is 1.97 bits per heavy atom. The summed E-state index contributed by atoms with van der Waals surface area (Å²) in [5.41, 5.74) is 10.2. The lowest BCUT2D eigenvalue weighted by Crippen LogP contribution is -2.27. The minimum absolute atomic E-state index is 0.00577. The van der Waals surface area contributed by atoms with Gasteiger partial charge in [-0.3, -0.25) is 9.59 Å². The number of nitrogens with one attached hydrogen (secondary N) is 3. The number of anilines is 3. The lowest BCUT2D eigenvalue weighted by molar-refractivity contribution is -0.122. The van der Waals surface area contributed by atoms with Crippen molar-refractivity contribution in [3.05, 3.63) is 47.5 Å². The summed E-state index contributed by atoms with van der Waals surface area (Å²) in [5, 5.41) is 13.8. The third-order valence-electron chi connectivity index (χ3n) is 6.10. The van der Waals surface area contributed by atoms with Gasteiger partial charge in [0.2, 0.25) is 17.8 Å². The third-order valence-corrected chi connectivity index (χ3v) is 6.10. The van der Waals surface area contributed by atoms with Crippen LogP contribution in [0.25, 0.3) is 11.3 Å². The van der Waals surface area contributed by atoms with Crippen LogP contribution in [0.1, 0.15) is 55.5 Å². The Morgan fingerprint density at radius 3 is 2.71 bits per heavy atom. The van der Waals surface area contributed by atoms with Crippen LogP contribution in [0.4, 0.5) is 17.3 Å².